The van der Waals surface area contributed by atoms with Crippen molar-refractivity contribution in [2.24, 2.45) is 7.05 Å². The number of hydrogen-bond acceptors (Lipinski definition) is 5. The molecule has 0 saturated heterocycles. The predicted molar refractivity (Wildman–Crippen MR) is 71.7 cm³/mol. The first kappa shape index (κ1) is 13.5. The lowest BCUT2D eigenvalue weighted by molar-refractivity contribution is -0.720. The van der Waals surface area contributed by atoms with Crippen LogP contribution < -0.4 is 10.00 Å². The fourth-order valence-electron chi connectivity index (χ4n) is 1.84. The molecule has 0 radical (unpaired) electrons. The first-order valence-electron chi connectivity index (χ1n) is 5.79. The summed E-state index contributed by atoms with van der Waals surface area (Å²) in [6, 6.07) is 0. The number of nitrogens with zero attached hydrogens (tertiary/aromatic N) is 5. The SMILES string of the molecule is CCn1c(S)n[n+](C)c1-c1nccnc1NC(C)=O. The average molecular weight is 279 g/mol. The summed E-state index contributed by atoms with van der Waals surface area (Å²) in [5.41, 5.74) is 0.565. The van der Waals surface area contributed by atoms with Crippen LogP contribution in [0, 0.1) is 0 Å². The number of carbonyl (C=O) groups excluding carboxylic acids is 1. The van der Waals surface area contributed by atoms with Gasteiger partial charge in [-0.1, -0.05) is 12.6 Å². The van der Waals surface area contributed by atoms with E-state index in [1.807, 2.05) is 11.5 Å². The molecule has 8 heteroatoms. The number of nitrogens with one attached hydrogen (secondary N) is 1. The van der Waals surface area contributed by atoms with E-state index in [1.165, 1.54) is 13.1 Å². The molecule has 0 fully saturated rings. The number of aryl methyl sites for hydroxylation is 1. The Morgan fingerprint density at radius 3 is 2.79 bits per heavy atom. The van der Waals surface area contributed by atoms with Crippen LogP contribution in [0.2, 0.25) is 0 Å². The predicted octanol–water partition coefficient (Wildman–Crippen LogP) is 0.432. The van der Waals surface area contributed by atoms with Gasteiger partial charge in [0.2, 0.25) is 5.91 Å². The molecule has 1 amide bonds. The maximum Gasteiger partial charge on any atom is 0.334 e. The summed E-state index contributed by atoms with van der Waals surface area (Å²) in [5.74, 6) is 0.955. The molecule has 1 N–H and O–H groups in total. The summed E-state index contributed by atoms with van der Waals surface area (Å²) >= 11 is 4.32. The van der Waals surface area contributed by atoms with E-state index >= 15 is 0 Å². The molecule has 2 aromatic heterocycles. The van der Waals surface area contributed by atoms with Crippen molar-refractivity contribution in [3.05, 3.63) is 12.4 Å². The molecule has 0 unspecified atom stereocenters. The molecule has 0 aliphatic heterocycles. The normalized spacial score (nSPS) is 10.5. The lowest BCUT2D eigenvalue weighted by Crippen LogP contribution is -2.33. The van der Waals surface area contributed by atoms with Gasteiger partial charge in [-0.25, -0.2) is 9.97 Å². The molecule has 0 spiro atoms. The van der Waals surface area contributed by atoms with Crippen molar-refractivity contribution in [1.82, 2.24) is 19.6 Å². The molecular weight excluding hydrogens is 264 g/mol. The van der Waals surface area contributed by atoms with Crippen LogP contribution in [0.1, 0.15) is 13.8 Å². The third-order valence-corrected chi connectivity index (χ3v) is 2.89. The van der Waals surface area contributed by atoms with Crippen LogP contribution in [0.5, 0.6) is 0 Å². The minimum atomic E-state index is -0.196. The number of carbonyl (C=O) groups is 1. The van der Waals surface area contributed by atoms with Crippen LogP contribution in [0.4, 0.5) is 5.82 Å². The number of rotatable bonds is 3. The molecule has 100 valence electrons. The molecule has 2 aromatic rings. The van der Waals surface area contributed by atoms with Gasteiger partial charge < -0.3 is 5.32 Å². The summed E-state index contributed by atoms with van der Waals surface area (Å²) in [4.78, 5) is 19.7. The molecule has 2 heterocycles. The van der Waals surface area contributed by atoms with Gasteiger partial charge in [-0.2, -0.15) is 4.57 Å². The van der Waals surface area contributed by atoms with Crippen LogP contribution in [0.15, 0.2) is 17.6 Å². The highest BCUT2D eigenvalue weighted by atomic mass is 32.1. The van der Waals surface area contributed by atoms with E-state index in [9.17, 15) is 4.79 Å². The van der Waals surface area contributed by atoms with E-state index in [1.54, 1.807) is 17.9 Å². The first-order chi connectivity index (χ1) is 9.04. The van der Waals surface area contributed by atoms with Crippen LogP contribution >= 0.6 is 12.6 Å². The van der Waals surface area contributed by atoms with Crippen molar-refractivity contribution in [1.29, 1.82) is 0 Å². The smallest absolute Gasteiger partial charge is 0.309 e. The lowest BCUT2D eigenvalue weighted by atomic mass is 10.3. The maximum absolute atomic E-state index is 11.2. The summed E-state index contributed by atoms with van der Waals surface area (Å²) in [7, 11) is 1.80. The molecule has 0 bridgehead atoms. The topological polar surface area (TPSA) is 76.6 Å². The van der Waals surface area contributed by atoms with Crippen molar-refractivity contribution in [2.45, 2.75) is 25.5 Å². The summed E-state index contributed by atoms with van der Waals surface area (Å²) < 4.78 is 3.56. The number of anilines is 1. The molecule has 19 heavy (non-hydrogen) atoms. The Labute approximate surface area is 116 Å². The maximum atomic E-state index is 11.2. The van der Waals surface area contributed by atoms with Gasteiger partial charge in [0, 0.05) is 19.3 Å². The van der Waals surface area contributed by atoms with Crippen molar-refractivity contribution in [3.63, 3.8) is 0 Å². The highest BCUT2D eigenvalue weighted by molar-refractivity contribution is 7.80. The number of aromatic nitrogens is 5. The van der Waals surface area contributed by atoms with Gasteiger partial charge >= 0.3 is 5.82 Å². The second-order valence-electron chi connectivity index (χ2n) is 3.93. The fraction of sp³-hybridized carbons (Fsp3) is 0.364. The standard InChI is InChI=1S/C11H14N6OS/c1-4-17-10(16(3)15-11(17)19)8-9(14-7(2)18)13-6-5-12-8/h5-6H,4H2,1-3H3,(H,15,19)/p+1. The van der Waals surface area contributed by atoms with Crippen LogP contribution in [0.3, 0.4) is 0 Å². The Hall–Kier alpha value is -1.96. The minimum absolute atomic E-state index is 0.196. The largest absolute Gasteiger partial charge is 0.334 e. The van der Waals surface area contributed by atoms with E-state index in [2.05, 4.69) is 33.0 Å². The number of thiol groups is 1. The van der Waals surface area contributed by atoms with E-state index in [-0.39, 0.29) is 5.91 Å². The summed E-state index contributed by atoms with van der Waals surface area (Å²) in [6.07, 6.45) is 3.11. The lowest BCUT2D eigenvalue weighted by Gasteiger charge is -2.05. The van der Waals surface area contributed by atoms with E-state index < -0.39 is 0 Å². The van der Waals surface area contributed by atoms with Gasteiger partial charge in [0.1, 0.15) is 7.05 Å². The van der Waals surface area contributed by atoms with Crippen LogP contribution in [-0.4, -0.2) is 25.5 Å². The Balaban J connectivity index is 2.62. The van der Waals surface area contributed by atoms with Crippen molar-refractivity contribution in [2.75, 3.05) is 5.32 Å². The first-order valence-corrected chi connectivity index (χ1v) is 6.24. The summed E-state index contributed by atoms with van der Waals surface area (Å²) in [6.45, 7) is 4.11. The second kappa shape index (κ2) is 5.35. The van der Waals surface area contributed by atoms with Gasteiger partial charge in [-0.15, -0.1) is 4.68 Å². The Kier molecular flexibility index (Phi) is 3.79. The van der Waals surface area contributed by atoms with E-state index in [0.717, 1.165) is 5.82 Å². The van der Waals surface area contributed by atoms with Gasteiger partial charge in [0.05, 0.1) is 6.54 Å². The van der Waals surface area contributed by atoms with Crippen LogP contribution in [-0.2, 0) is 18.4 Å². The second-order valence-corrected chi connectivity index (χ2v) is 4.33. The molecule has 0 saturated carbocycles. The van der Waals surface area contributed by atoms with Crippen molar-refractivity contribution in [3.8, 4) is 11.5 Å². The Bertz CT molecular complexity index is 624. The van der Waals surface area contributed by atoms with Gasteiger partial charge in [-0.3, -0.25) is 4.79 Å². The zero-order chi connectivity index (χ0) is 14.0. The minimum Gasteiger partial charge on any atom is -0.309 e. The Morgan fingerprint density at radius 1 is 1.47 bits per heavy atom. The zero-order valence-corrected chi connectivity index (χ0v) is 11.8. The molecule has 0 aliphatic carbocycles. The highest BCUT2D eigenvalue weighted by Crippen LogP contribution is 2.22. The highest BCUT2D eigenvalue weighted by Gasteiger charge is 2.26. The molecule has 0 aliphatic rings. The monoisotopic (exact) mass is 279 g/mol. The quantitative estimate of drug-likeness (QED) is 0.631. The third-order valence-electron chi connectivity index (χ3n) is 2.56. The van der Waals surface area contributed by atoms with E-state index in [4.69, 9.17) is 0 Å². The van der Waals surface area contributed by atoms with Crippen molar-refractivity contribution < 1.29 is 9.48 Å². The zero-order valence-electron chi connectivity index (χ0n) is 11.0. The number of hydrogen-bond donors (Lipinski definition) is 2. The van der Waals surface area contributed by atoms with Crippen molar-refractivity contribution >= 4 is 24.4 Å². The fourth-order valence-corrected chi connectivity index (χ4v) is 2.21. The molecular formula is C11H15N6OS+. The number of amides is 1. The molecule has 2 rings (SSSR count). The van der Waals surface area contributed by atoms with Gasteiger partial charge in [0.25, 0.3) is 5.16 Å². The average Bonchev–Trinajstić information content (AvgIpc) is 2.63. The van der Waals surface area contributed by atoms with E-state index in [0.29, 0.717) is 23.2 Å². The molecule has 0 atom stereocenters. The van der Waals surface area contributed by atoms with Gasteiger partial charge in [-0.05, 0) is 12.0 Å². The molecule has 7 nitrogen and oxygen atoms in total. The molecule has 0 aromatic carbocycles. The van der Waals surface area contributed by atoms with Crippen LogP contribution in [0.25, 0.3) is 11.5 Å². The summed E-state index contributed by atoms with van der Waals surface area (Å²) in [5, 5.41) is 7.49. The van der Waals surface area contributed by atoms with Gasteiger partial charge in [0.15, 0.2) is 11.5 Å². The Morgan fingerprint density at radius 2 is 2.16 bits per heavy atom. The third kappa shape index (κ3) is 2.58.